The minimum atomic E-state index is -3.32. The van der Waals surface area contributed by atoms with E-state index in [4.69, 9.17) is 4.18 Å². The maximum atomic E-state index is 11.0. The normalized spacial score (nSPS) is 11.5. The molecule has 0 radical (unpaired) electrons. The number of rotatable bonds is 4. The van der Waals surface area contributed by atoms with Crippen LogP contribution in [0, 0.1) is 0 Å². The molecule has 0 atom stereocenters. The van der Waals surface area contributed by atoms with E-state index in [0.717, 1.165) is 5.56 Å². The summed E-state index contributed by atoms with van der Waals surface area (Å²) in [5, 5.41) is 0. The zero-order chi connectivity index (χ0) is 9.73. The van der Waals surface area contributed by atoms with Gasteiger partial charge in [0, 0.05) is 0 Å². The average Bonchev–Trinajstić information content (AvgIpc) is 2.17. The summed E-state index contributed by atoms with van der Waals surface area (Å²) in [5.74, 6) is 0.0137. The van der Waals surface area contributed by atoms with Gasteiger partial charge in [0.05, 0.1) is 12.4 Å². The van der Waals surface area contributed by atoms with Crippen molar-refractivity contribution in [2.75, 3.05) is 5.75 Å². The second-order valence-electron chi connectivity index (χ2n) is 2.59. The molecule has 0 heterocycles. The molecule has 1 rings (SSSR count). The Morgan fingerprint density at radius 2 is 1.85 bits per heavy atom. The van der Waals surface area contributed by atoms with Crippen LogP contribution in [0.25, 0.3) is 0 Å². The quantitative estimate of drug-likeness (QED) is 0.693. The monoisotopic (exact) mass is 200 g/mol. The van der Waals surface area contributed by atoms with Crippen LogP contribution in [-0.2, 0) is 20.9 Å². The van der Waals surface area contributed by atoms with Crippen molar-refractivity contribution < 1.29 is 12.6 Å². The van der Waals surface area contributed by atoms with Gasteiger partial charge >= 0.3 is 0 Å². The Labute approximate surface area is 78.5 Å². The summed E-state index contributed by atoms with van der Waals surface area (Å²) < 4.78 is 26.6. The van der Waals surface area contributed by atoms with Gasteiger partial charge < -0.3 is 0 Å². The largest absolute Gasteiger partial charge is 0.267 e. The molecule has 4 heteroatoms. The third kappa shape index (κ3) is 3.57. The Morgan fingerprint density at radius 1 is 1.23 bits per heavy atom. The highest BCUT2D eigenvalue weighted by Crippen LogP contribution is 2.03. The molecule has 72 valence electrons. The molecular formula is C9H12O3S. The van der Waals surface area contributed by atoms with Gasteiger partial charge in [0.2, 0.25) is 0 Å². The third-order valence-corrected chi connectivity index (χ3v) is 2.79. The van der Waals surface area contributed by atoms with Crippen LogP contribution in [0.5, 0.6) is 0 Å². The van der Waals surface area contributed by atoms with E-state index in [0.29, 0.717) is 0 Å². The molecule has 0 aromatic heterocycles. The van der Waals surface area contributed by atoms with E-state index < -0.39 is 10.1 Å². The first-order valence-electron chi connectivity index (χ1n) is 4.05. The summed E-state index contributed by atoms with van der Waals surface area (Å²) in [4.78, 5) is 0. The van der Waals surface area contributed by atoms with Crippen LogP contribution in [0.15, 0.2) is 30.3 Å². The van der Waals surface area contributed by atoms with Crippen LogP contribution < -0.4 is 0 Å². The Hall–Kier alpha value is -0.870. The summed E-state index contributed by atoms with van der Waals surface area (Å²) in [5.41, 5.74) is 0.861. The third-order valence-electron chi connectivity index (χ3n) is 1.60. The molecule has 0 saturated carbocycles. The van der Waals surface area contributed by atoms with Crippen molar-refractivity contribution in [1.82, 2.24) is 0 Å². The van der Waals surface area contributed by atoms with Crippen molar-refractivity contribution in [1.29, 1.82) is 0 Å². The van der Waals surface area contributed by atoms with E-state index in [9.17, 15) is 8.42 Å². The van der Waals surface area contributed by atoms with Crippen molar-refractivity contribution in [3.8, 4) is 0 Å². The lowest BCUT2D eigenvalue weighted by atomic mass is 10.2. The first-order valence-corrected chi connectivity index (χ1v) is 5.63. The van der Waals surface area contributed by atoms with E-state index in [2.05, 4.69) is 0 Å². The van der Waals surface area contributed by atoms with Crippen LogP contribution in [0.2, 0.25) is 0 Å². The number of benzene rings is 1. The molecular weight excluding hydrogens is 188 g/mol. The van der Waals surface area contributed by atoms with Crippen molar-refractivity contribution in [2.24, 2.45) is 0 Å². The first-order chi connectivity index (χ1) is 6.14. The molecule has 0 aliphatic carbocycles. The molecule has 0 aliphatic heterocycles. The summed E-state index contributed by atoms with van der Waals surface area (Å²) in [6.45, 7) is 1.68. The van der Waals surface area contributed by atoms with Gasteiger partial charge in [-0.2, -0.15) is 8.42 Å². The maximum absolute atomic E-state index is 11.0. The van der Waals surface area contributed by atoms with Crippen LogP contribution in [0.3, 0.4) is 0 Å². The van der Waals surface area contributed by atoms with Gasteiger partial charge in [0.1, 0.15) is 0 Å². The van der Waals surface area contributed by atoms with Crippen molar-refractivity contribution in [3.05, 3.63) is 35.9 Å². The van der Waals surface area contributed by atoms with Gasteiger partial charge in [-0.15, -0.1) is 0 Å². The summed E-state index contributed by atoms with van der Waals surface area (Å²) >= 11 is 0. The molecule has 0 spiro atoms. The molecule has 1 aromatic rings. The van der Waals surface area contributed by atoms with Crippen molar-refractivity contribution in [2.45, 2.75) is 13.5 Å². The fraction of sp³-hybridized carbons (Fsp3) is 0.333. The highest BCUT2D eigenvalue weighted by Gasteiger charge is 2.06. The van der Waals surface area contributed by atoms with E-state index in [1.165, 1.54) is 0 Å². The first kappa shape index (κ1) is 10.2. The van der Waals surface area contributed by atoms with Crippen LogP contribution >= 0.6 is 0 Å². The molecule has 0 aliphatic rings. The summed E-state index contributed by atoms with van der Waals surface area (Å²) in [6.07, 6.45) is 0. The zero-order valence-electron chi connectivity index (χ0n) is 7.43. The lowest BCUT2D eigenvalue weighted by molar-refractivity contribution is 0.309. The summed E-state index contributed by atoms with van der Waals surface area (Å²) in [6, 6.07) is 9.21. The fourth-order valence-corrected chi connectivity index (χ4v) is 1.30. The molecule has 13 heavy (non-hydrogen) atoms. The molecule has 3 nitrogen and oxygen atoms in total. The highest BCUT2D eigenvalue weighted by atomic mass is 32.2. The van der Waals surface area contributed by atoms with E-state index in [-0.39, 0.29) is 12.4 Å². The van der Waals surface area contributed by atoms with Gasteiger partial charge in [0.25, 0.3) is 10.1 Å². The van der Waals surface area contributed by atoms with Crippen LogP contribution in [-0.4, -0.2) is 14.2 Å². The Morgan fingerprint density at radius 3 is 2.38 bits per heavy atom. The molecule has 0 saturated heterocycles. The Kier molecular flexibility index (Phi) is 3.45. The van der Waals surface area contributed by atoms with Crippen LogP contribution in [0.4, 0.5) is 0 Å². The Bertz CT molecular complexity index is 342. The van der Waals surface area contributed by atoms with Crippen molar-refractivity contribution in [3.63, 3.8) is 0 Å². The van der Waals surface area contributed by atoms with Gasteiger partial charge in [-0.1, -0.05) is 30.3 Å². The van der Waals surface area contributed by atoms with E-state index in [1.54, 1.807) is 6.92 Å². The molecule has 0 unspecified atom stereocenters. The molecule has 0 N–H and O–H groups in total. The van der Waals surface area contributed by atoms with E-state index in [1.807, 2.05) is 30.3 Å². The standard InChI is InChI=1S/C9H12O3S/c1-2-13(10,11)12-8-9-6-4-3-5-7-9/h3-7H,2,8H2,1H3. The minimum absolute atomic E-state index is 0.0137. The topological polar surface area (TPSA) is 43.4 Å². The smallest absolute Gasteiger partial charge is 0.265 e. The number of hydrogen-bond donors (Lipinski definition) is 0. The van der Waals surface area contributed by atoms with Crippen molar-refractivity contribution >= 4 is 10.1 Å². The second-order valence-corrected chi connectivity index (χ2v) is 4.52. The second kappa shape index (κ2) is 4.39. The molecule has 0 fully saturated rings. The lowest BCUT2D eigenvalue weighted by Gasteiger charge is -2.02. The van der Waals surface area contributed by atoms with Gasteiger partial charge in [-0.05, 0) is 12.5 Å². The SMILES string of the molecule is CCS(=O)(=O)OCc1ccccc1. The average molecular weight is 200 g/mol. The highest BCUT2D eigenvalue weighted by molar-refractivity contribution is 7.86. The Balaban J connectivity index is 2.54. The minimum Gasteiger partial charge on any atom is -0.265 e. The molecule has 1 aromatic carbocycles. The van der Waals surface area contributed by atoms with Gasteiger partial charge in [-0.3, -0.25) is 4.18 Å². The predicted molar refractivity (Wildman–Crippen MR) is 50.7 cm³/mol. The van der Waals surface area contributed by atoms with E-state index >= 15 is 0 Å². The van der Waals surface area contributed by atoms with Crippen LogP contribution in [0.1, 0.15) is 12.5 Å². The fourth-order valence-electron chi connectivity index (χ4n) is 0.815. The van der Waals surface area contributed by atoms with Gasteiger partial charge in [-0.25, -0.2) is 0 Å². The summed E-state index contributed by atoms with van der Waals surface area (Å²) in [7, 11) is -3.32. The zero-order valence-corrected chi connectivity index (χ0v) is 8.25. The predicted octanol–water partition coefficient (Wildman–Crippen LogP) is 1.55. The number of hydrogen-bond acceptors (Lipinski definition) is 3. The molecule has 0 bridgehead atoms. The van der Waals surface area contributed by atoms with Gasteiger partial charge in [0.15, 0.2) is 0 Å². The lowest BCUT2D eigenvalue weighted by Crippen LogP contribution is -2.07. The molecule has 0 amide bonds. The maximum Gasteiger partial charge on any atom is 0.267 e.